The molecule has 0 radical (unpaired) electrons. The van der Waals surface area contributed by atoms with Gasteiger partial charge in [-0.2, -0.15) is 0 Å². The number of rotatable bonds is 7. The van der Waals surface area contributed by atoms with E-state index in [4.69, 9.17) is 9.47 Å². The van der Waals surface area contributed by atoms with Crippen LogP contribution in [0.3, 0.4) is 0 Å². The first-order valence-corrected chi connectivity index (χ1v) is 8.04. The molecule has 0 fully saturated rings. The third-order valence-electron chi connectivity index (χ3n) is 3.10. The molecule has 1 N–H and O–H groups in total. The number of benzene rings is 1. The summed E-state index contributed by atoms with van der Waals surface area (Å²) < 4.78 is 11.1. The summed E-state index contributed by atoms with van der Waals surface area (Å²) in [4.78, 5) is 1.24. The minimum Gasteiger partial charge on any atom is -0.486 e. The molecule has 106 valence electrons. The number of ether oxygens (including phenoxy) is 2. The van der Waals surface area contributed by atoms with Crippen LogP contribution < -0.4 is 14.8 Å². The van der Waals surface area contributed by atoms with Crippen LogP contribution in [0, 0.1) is 0 Å². The van der Waals surface area contributed by atoms with Gasteiger partial charge in [-0.15, -0.1) is 11.8 Å². The van der Waals surface area contributed by atoms with Crippen molar-refractivity contribution in [1.29, 1.82) is 0 Å². The highest BCUT2D eigenvalue weighted by Gasteiger charge is 2.11. The molecular weight excluding hydrogens is 258 g/mol. The van der Waals surface area contributed by atoms with Gasteiger partial charge in [-0.25, -0.2) is 0 Å². The Morgan fingerprint density at radius 2 is 2.05 bits per heavy atom. The third-order valence-corrected chi connectivity index (χ3v) is 4.09. The van der Waals surface area contributed by atoms with E-state index in [1.54, 1.807) is 0 Å². The van der Waals surface area contributed by atoms with Crippen molar-refractivity contribution >= 4 is 11.8 Å². The Bertz CT molecular complexity index is 398. The van der Waals surface area contributed by atoms with Gasteiger partial charge in [-0.1, -0.05) is 13.3 Å². The highest BCUT2D eigenvalue weighted by Crippen LogP contribution is 2.33. The van der Waals surface area contributed by atoms with Crippen molar-refractivity contribution in [3.05, 3.63) is 18.2 Å². The van der Waals surface area contributed by atoms with Gasteiger partial charge in [0.05, 0.1) is 0 Å². The van der Waals surface area contributed by atoms with Crippen molar-refractivity contribution in [2.24, 2.45) is 0 Å². The Morgan fingerprint density at radius 1 is 1.26 bits per heavy atom. The maximum absolute atomic E-state index is 5.59. The summed E-state index contributed by atoms with van der Waals surface area (Å²) in [5, 5.41) is 3.54. The molecule has 0 aliphatic carbocycles. The number of hydrogen-bond donors (Lipinski definition) is 1. The van der Waals surface area contributed by atoms with E-state index in [2.05, 4.69) is 31.3 Å². The fourth-order valence-corrected chi connectivity index (χ4v) is 2.93. The molecule has 1 aromatic carbocycles. The zero-order valence-electron chi connectivity index (χ0n) is 11.8. The molecule has 19 heavy (non-hydrogen) atoms. The number of nitrogens with one attached hydrogen (secondary N) is 1. The first-order chi connectivity index (χ1) is 9.29. The Balaban J connectivity index is 1.74. The summed E-state index contributed by atoms with van der Waals surface area (Å²) in [5.74, 6) is 2.82. The van der Waals surface area contributed by atoms with E-state index in [0.29, 0.717) is 19.3 Å². The zero-order chi connectivity index (χ0) is 13.5. The van der Waals surface area contributed by atoms with Gasteiger partial charge in [0.1, 0.15) is 13.2 Å². The van der Waals surface area contributed by atoms with E-state index in [1.807, 2.05) is 17.8 Å². The largest absolute Gasteiger partial charge is 0.486 e. The van der Waals surface area contributed by atoms with Crippen LogP contribution in [0.15, 0.2) is 23.1 Å². The predicted octanol–water partition coefficient (Wildman–Crippen LogP) is 3.33. The van der Waals surface area contributed by atoms with E-state index < -0.39 is 0 Å². The highest BCUT2D eigenvalue weighted by molar-refractivity contribution is 7.99. The second-order valence-electron chi connectivity index (χ2n) is 4.80. The second kappa shape index (κ2) is 7.65. The monoisotopic (exact) mass is 281 g/mol. The van der Waals surface area contributed by atoms with E-state index in [0.717, 1.165) is 23.8 Å². The van der Waals surface area contributed by atoms with Crippen LogP contribution in [0.2, 0.25) is 0 Å². The number of thioether (sulfide) groups is 1. The molecule has 0 saturated heterocycles. The molecule has 0 amide bonds. The standard InChI is InChI=1S/C15H23NO2S/c1-3-4-12(2)16-7-10-19-13-5-6-14-15(11-13)18-9-8-17-14/h5-6,11-12,16H,3-4,7-10H2,1-2H3. The SMILES string of the molecule is CCCC(C)NCCSc1ccc2c(c1)OCCO2. The molecule has 1 unspecified atom stereocenters. The highest BCUT2D eigenvalue weighted by atomic mass is 32.2. The normalized spacial score (nSPS) is 15.3. The molecule has 4 heteroatoms. The number of hydrogen-bond acceptors (Lipinski definition) is 4. The fourth-order valence-electron chi connectivity index (χ4n) is 2.12. The lowest BCUT2D eigenvalue weighted by Crippen LogP contribution is -2.27. The van der Waals surface area contributed by atoms with Crippen molar-refractivity contribution < 1.29 is 9.47 Å². The van der Waals surface area contributed by atoms with Crippen LogP contribution in [-0.4, -0.2) is 31.6 Å². The van der Waals surface area contributed by atoms with Crippen LogP contribution >= 0.6 is 11.8 Å². The van der Waals surface area contributed by atoms with Crippen molar-refractivity contribution in [1.82, 2.24) is 5.32 Å². The van der Waals surface area contributed by atoms with Gasteiger partial charge < -0.3 is 14.8 Å². The van der Waals surface area contributed by atoms with Crippen LogP contribution in [0.1, 0.15) is 26.7 Å². The molecule has 3 nitrogen and oxygen atoms in total. The van der Waals surface area contributed by atoms with Gasteiger partial charge in [-0.3, -0.25) is 0 Å². The number of fused-ring (bicyclic) bond motifs is 1. The van der Waals surface area contributed by atoms with E-state index in [1.165, 1.54) is 17.7 Å². The minimum atomic E-state index is 0.617. The van der Waals surface area contributed by atoms with E-state index in [9.17, 15) is 0 Å². The Kier molecular flexibility index (Phi) is 5.86. The smallest absolute Gasteiger partial charge is 0.162 e. The van der Waals surface area contributed by atoms with E-state index >= 15 is 0 Å². The third kappa shape index (κ3) is 4.62. The van der Waals surface area contributed by atoms with Crippen LogP contribution in [0.25, 0.3) is 0 Å². The fraction of sp³-hybridized carbons (Fsp3) is 0.600. The molecule has 0 bridgehead atoms. The Labute approximate surface area is 120 Å². The van der Waals surface area contributed by atoms with Gasteiger partial charge in [-0.05, 0) is 31.5 Å². The van der Waals surface area contributed by atoms with Gasteiger partial charge in [0.15, 0.2) is 11.5 Å². The summed E-state index contributed by atoms with van der Waals surface area (Å²) in [6.07, 6.45) is 2.48. The molecule has 1 atom stereocenters. The molecule has 0 saturated carbocycles. The van der Waals surface area contributed by atoms with Gasteiger partial charge >= 0.3 is 0 Å². The van der Waals surface area contributed by atoms with Crippen LogP contribution in [-0.2, 0) is 0 Å². The average molecular weight is 281 g/mol. The Hall–Kier alpha value is -0.870. The van der Waals surface area contributed by atoms with Gasteiger partial charge in [0.25, 0.3) is 0 Å². The first kappa shape index (κ1) is 14.5. The topological polar surface area (TPSA) is 30.5 Å². The van der Waals surface area contributed by atoms with Gasteiger partial charge in [0.2, 0.25) is 0 Å². The summed E-state index contributed by atoms with van der Waals surface area (Å²) in [6.45, 7) is 6.82. The predicted molar refractivity (Wildman–Crippen MR) is 80.5 cm³/mol. The molecule has 0 aromatic heterocycles. The van der Waals surface area contributed by atoms with Crippen molar-refractivity contribution in [2.75, 3.05) is 25.5 Å². The summed E-state index contributed by atoms with van der Waals surface area (Å²) in [5.41, 5.74) is 0. The second-order valence-corrected chi connectivity index (χ2v) is 5.97. The maximum atomic E-state index is 5.59. The lowest BCUT2D eigenvalue weighted by molar-refractivity contribution is 0.171. The maximum Gasteiger partial charge on any atom is 0.162 e. The van der Waals surface area contributed by atoms with Crippen LogP contribution in [0.4, 0.5) is 0 Å². The van der Waals surface area contributed by atoms with Gasteiger partial charge in [0, 0.05) is 23.2 Å². The van der Waals surface area contributed by atoms with Crippen LogP contribution in [0.5, 0.6) is 11.5 Å². The summed E-state index contributed by atoms with van der Waals surface area (Å²) in [7, 11) is 0. The lowest BCUT2D eigenvalue weighted by Gasteiger charge is -2.18. The average Bonchev–Trinajstić information content (AvgIpc) is 2.44. The minimum absolute atomic E-state index is 0.617. The molecule has 1 aliphatic heterocycles. The molecule has 1 aliphatic rings. The van der Waals surface area contributed by atoms with Crippen molar-refractivity contribution in [3.63, 3.8) is 0 Å². The van der Waals surface area contributed by atoms with E-state index in [-0.39, 0.29) is 0 Å². The van der Waals surface area contributed by atoms with Crippen molar-refractivity contribution in [2.45, 2.75) is 37.6 Å². The molecular formula is C15H23NO2S. The molecule has 1 aromatic rings. The quantitative estimate of drug-likeness (QED) is 0.613. The molecule has 2 rings (SSSR count). The molecule has 1 heterocycles. The first-order valence-electron chi connectivity index (χ1n) is 7.05. The Morgan fingerprint density at radius 3 is 2.84 bits per heavy atom. The summed E-state index contributed by atoms with van der Waals surface area (Å²) in [6, 6.07) is 6.80. The summed E-state index contributed by atoms with van der Waals surface area (Å²) >= 11 is 1.86. The molecule has 0 spiro atoms. The zero-order valence-corrected chi connectivity index (χ0v) is 12.6. The lowest BCUT2D eigenvalue weighted by atomic mass is 10.2. The van der Waals surface area contributed by atoms with Crippen molar-refractivity contribution in [3.8, 4) is 11.5 Å².